The Morgan fingerprint density at radius 2 is 2.05 bits per heavy atom. The van der Waals surface area contributed by atoms with Crippen LogP contribution >= 0.6 is 0 Å². The zero-order valence-electron chi connectivity index (χ0n) is 11.4. The highest BCUT2D eigenvalue weighted by Crippen LogP contribution is 2.26. The highest BCUT2D eigenvalue weighted by molar-refractivity contribution is 5.95. The van der Waals surface area contributed by atoms with Gasteiger partial charge in [-0.3, -0.25) is 4.79 Å². The molecule has 0 spiro atoms. The summed E-state index contributed by atoms with van der Waals surface area (Å²) in [5.41, 5.74) is 0.503. The number of likely N-dealkylation sites (N-methyl/N-ethyl adjacent to an activating group) is 1. The average Bonchev–Trinajstić information content (AvgIpc) is 2.62. The largest absolute Gasteiger partial charge is 0.504 e. The van der Waals surface area contributed by atoms with Gasteiger partial charge in [-0.25, -0.2) is 0 Å². The van der Waals surface area contributed by atoms with Gasteiger partial charge < -0.3 is 19.6 Å². The van der Waals surface area contributed by atoms with Gasteiger partial charge in [-0.1, -0.05) is 0 Å². The van der Waals surface area contributed by atoms with Crippen LogP contribution in [-0.4, -0.2) is 61.2 Å². The molecule has 1 aromatic carbocycles. The number of phenols is 1. The summed E-state index contributed by atoms with van der Waals surface area (Å²) >= 11 is 0. The van der Waals surface area contributed by atoms with Crippen molar-refractivity contribution in [3.63, 3.8) is 0 Å². The van der Waals surface area contributed by atoms with Gasteiger partial charge in [0, 0.05) is 25.2 Å². The predicted octanol–water partition coefficient (Wildman–Crippen LogP) is 1.18. The summed E-state index contributed by atoms with van der Waals surface area (Å²) in [7, 11) is 3.55. The number of amides is 1. The second-order valence-electron chi connectivity index (χ2n) is 4.84. The number of benzene rings is 1. The Hall–Kier alpha value is -1.75. The Morgan fingerprint density at radius 3 is 2.74 bits per heavy atom. The predicted molar refractivity (Wildman–Crippen MR) is 72.7 cm³/mol. The van der Waals surface area contributed by atoms with Crippen LogP contribution in [0.4, 0.5) is 0 Å². The van der Waals surface area contributed by atoms with Gasteiger partial charge in [-0.05, 0) is 38.2 Å². The van der Waals surface area contributed by atoms with Gasteiger partial charge >= 0.3 is 0 Å². The monoisotopic (exact) mass is 264 g/mol. The molecule has 5 heteroatoms. The smallest absolute Gasteiger partial charge is 0.254 e. The summed E-state index contributed by atoms with van der Waals surface area (Å²) in [6, 6.07) is 4.78. The number of nitrogens with zero attached hydrogens (tertiary/aromatic N) is 2. The van der Waals surface area contributed by atoms with Crippen molar-refractivity contribution < 1.29 is 14.6 Å². The molecule has 1 heterocycles. The number of ether oxygens (including phenoxy) is 1. The van der Waals surface area contributed by atoms with Crippen LogP contribution in [0.25, 0.3) is 0 Å². The minimum absolute atomic E-state index is 0.000269. The van der Waals surface area contributed by atoms with Crippen molar-refractivity contribution in [3.8, 4) is 11.5 Å². The molecule has 1 amide bonds. The molecule has 0 bridgehead atoms. The molecule has 0 aliphatic carbocycles. The van der Waals surface area contributed by atoms with E-state index in [2.05, 4.69) is 11.9 Å². The summed E-state index contributed by atoms with van der Waals surface area (Å²) in [5, 5.41) is 9.73. The molecule has 0 unspecified atom stereocenters. The molecule has 2 rings (SSSR count). The van der Waals surface area contributed by atoms with Gasteiger partial charge in [0.2, 0.25) is 0 Å². The molecule has 1 aliphatic rings. The first kappa shape index (κ1) is 13.7. The van der Waals surface area contributed by atoms with Crippen molar-refractivity contribution >= 4 is 5.91 Å². The van der Waals surface area contributed by atoms with E-state index in [4.69, 9.17) is 4.74 Å². The highest BCUT2D eigenvalue weighted by Gasteiger charge is 2.19. The number of phenolic OH excluding ortho intramolecular Hbond substituents is 1. The molecule has 1 N–H and O–H groups in total. The van der Waals surface area contributed by atoms with Crippen LogP contribution in [0, 0.1) is 0 Å². The second-order valence-corrected chi connectivity index (χ2v) is 4.84. The van der Waals surface area contributed by atoms with Gasteiger partial charge in [0.15, 0.2) is 11.5 Å². The van der Waals surface area contributed by atoms with E-state index in [0.29, 0.717) is 11.3 Å². The van der Waals surface area contributed by atoms with Crippen molar-refractivity contribution in [2.45, 2.75) is 6.42 Å². The van der Waals surface area contributed by atoms with E-state index in [1.54, 1.807) is 12.1 Å². The lowest BCUT2D eigenvalue weighted by atomic mass is 10.1. The van der Waals surface area contributed by atoms with Crippen LogP contribution in [0.15, 0.2) is 18.2 Å². The Morgan fingerprint density at radius 1 is 1.26 bits per heavy atom. The zero-order valence-corrected chi connectivity index (χ0v) is 11.4. The van der Waals surface area contributed by atoms with E-state index < -0.39 is 0 Å². The van der Waals surface area contributed by atoms with Gasteiger partial charge in [-0.2, -0.15) is 0 Å². The van der Waals surface area contributed by atoms with Crippen molar-refractivity contribution in [1.29, 1.82) is 0 Å². The molecule has 1 aromatic rings. The second kappa shape index (κ2) is 5.93. The molecule has 1 fully saturated rings. The summed E-state index contributed by atoms with van der Waals surface area (Å²) in [4.78, 5) is 16.4. The third kappa shape index (κ3) is 3.17. The molecular weight excluding hydrogens is 244 g/mol. The van der Waals surface area contributed by atoms with E-state index in [-0.39, 0.29) is 11.7 Å². The van der Waals surface area contributed by atoms with E-state index >= 15 is 0 Å². The quantitative estimate of drug-likeness (QED) is 0.871. The van der Waals surface area contributed by atoms with Crippen LogP contribution in [0.5, 0.6) is 11.5 Å². The Balaban J connectivity index is 2.12. The first-order valence-corrected chi connectivity index (χ1v) is 6.46. The Labute approximate surface area is 113 Å². The molecular formula is C14H20N2O3. The lowest BCUT2D eigenvalue weighted by Crippen LogP contribution is -2.34. The number of hydrogen-bond donors (Lipinski definition) is 1. The number of hydrogen-bond acceptors (Lipinski definition) is 4. The first-order chi connectivity index (χ1) is 9.11. The van der Waals surface area contributed by atoms with E-state index in [1.807, 2.05) is 4.90 Å². The first-order valence-electron chi connectivity index (χ1n) is 6.46. The standard InChI is InChI=1S/C14H20N2O3/c1-15-6-3-7-16(9-8-15)14(18)11-4-5-13(19-2)12(17)10-11/h4-5,10,17H,3,6-9H2,1-2H3. The lowest BCUT2D eigenvalue weighted by Gasteiger charge is -2.20. The van der Waals surface area contributed by atoms with Crippen LogP contribution in [0.2, 0.25) is 0 Å². The van der Waals surface area contributed by atoms with E-state index in [1.165, 1.54) is 13.2 Å². The molecule has 0 atom stereocenters. The maximum atomic E-state index is 12.4. The molecule has 1 aliphatic heterocycles. The molecule has 0 radical (unpaired) electrons. The maximum Gasteiger partial charge on any atom is 0.254 e. The fourth-order valence-corrected chi connectivity index (χ4v) is 2.26. The summed E-state index contributed by atoms with van der Waals surface area (Å²) < 4.78 is 4.98. The number of carbonyl (C=O) groups is 1. The van der Waals surface area contributed by atoms with Crippen LogP contribution < -0.4 is 4.74 Å². The number of carbonyl (C=O) groups excluding carboxylic acids is 1. The molecule has 19 heavy (non-hydrogen) atoms. The van der Waals surface area contributed by atoms with Gasteiger partial charge in [0.25, 0.3) is 5.91 Å². The summed E-state index contributed by atoms with van der Waals surface area (Å²) in [5.74, 6) is 0.348. The SMILES string of the molecule is COc1ccc(C(=O)N2CCCN(C)CC2)cc1O. The third-order valence-corrected chi connectivity index (χ3v) is 3.43. The fraction of sp³-hybridized carbons (Fsp3) is 0.500. The number of aromatic hydroxyl groups is 1. The van der Waals surface area contributed by atoms with Crippen LogP contribution in [0.1, 0.15) is 16.8 Å². The third-order valence-electron chi connectivity index (χ3n) is 3.43. The summed E-state index contributed by atoms with van der Waals surface area (Å²) in [6.07, 6.45) is 0.977. The molecule has 0 aromatic heterocycles. The minimum atomic E-state index is -0.0340. The van der Waals surface area contributed by atoms with E-state index in [0.717, 1.165) is 32.6 Å². The zero-order chi connectivity index (χ0) is 13.8. The molecule has 0 saturated carbocycles. The van der Waals surface area contributed by atoms with Crippen LogP contribution in [0.3, 0.4) is 0 Å². The van der Waals surface area contributed by atoms with Gasteiger partial charge in [0.1, 0.15) is 0 Å². The van der Waals surface area contributed by atoms with Gasteiger partial charge in [-0.15, -0.1) is 0 Å². The van der Waals surface area contributed by atoms with Gasteiger partial charge in [0.05, 0.1) is 7.11 Å². The van der Waals surface area contributed by atoms with Crippen LogP contribution in [-0.2, 0) is 0 Å². The van der Waals surface area contributed by atoms with E-state index in [9.17, 15) is 9.90 Å². The van der Waals surface area contributed by atoms with Crippen molar-refractivity contribution in [2.75, 3.05) is 40.3 Å². The maximum absolute atomic E-state index is 12.4. The summed E-state index contributed by atoms with van der Waals surface area (Å²) in [6.45, 7) is 3.38. The normalized spacial score (nSPS) is 17.1. The highest BCUT2D eigenvalue weighted by atomic mass is 16.5. The van der Waals surface area contributed by atoms with Crippen molar-refractivity contribution in [1.82, 2.24) is 9.80 Å². The molecule has 1 saturated heterocycles. The minimum Gasteiger partial charge on any atom is -0.504 e. The Bertz CT molecular complexity index is 462. The number of rotatable bonds is 2. The number of methoxy groups -OCH3 is 1. The topological polar surface area (TPSA) is 53.0 Å². The van der Waals surface area contributed by atoms with Crippen molar-refractivity contribution in [2.24, 2.45) is 0 Å². The van der Waals surface area contributed by atoms with Crippen molar-refractivity contribution in [3.05, 3.63) is 23.8 Å². The molecule has 5 nitrogen and oxygen atoms in total. The molecule has 104 valence electrons. The lowest BCUT2D eigenvalue weighted by molar-refractivity contribution is 0.0762. The fourth-order valence-electron chi connectivity index (χ4n) is 2.26. The average molecular weight is 264 g/mol. The Kier molecular flexibility index (Phi) is 4.27.